The van der Waals surface area contributed by atoms with Crippen LogP contribution < -0.4 is 0 Å². The van der Waals surface area contributed by atoms with E-state index in [-0.39, 0.29) is 17.9 Å². The zero-order chi connectivity index (χ0) is 8.43. The summed E-state index contributed by atoms with van der Waals surface area (Å²) in [4.78, 5) is 0. The fraction of sp³-hybridized carbons (Fsp3) is 0.333. The Bertz CT molecular complexity index is 236. The lowest BCUT2D eigenvalue weighted by Crippen LogP contribution is -2.00. The lowest BCUT2D eigenvalue weighted by atomic mass is 9.96. The summed E-state index contributed by atoms with van der Waals surface area (Å²) in [5.74, 6) is -1.34. The Morgan fingerprint density at radius 1 is 1.64 bits per heavy atom. The molecule has 1 atom stereocenters. The summed E-state index contributed by atoms with van der Waals surface area (Å²) in [5.41, 5.74) is 0.279. The van der Waals surface area contributed by atoms with Crippen LogP contribution in [0.25, 0.3) is 0 Å². The molecule has 1 unspecified atom stereocenters. The van der Waals surface area contributed by atoms with Crippen molar-refractivity contribution in [2.24, 2.45) is 5.92 Å². The Hall–Kier alpha value is -0.920. The second-order valence-corrected chi connectivity index (χ2v) is 2.73. The minimum Gasteiger partial charge on any atom is -0.209 e. The summed E-state index contributed by atoms with van der Waals surface area (Å²) in [7, 11) is 0. The molecule has 0 saturated heterocycles. The monoisotopic (exact) mass is 156 g/mol. The highest BCUT2D eigenvalue weighted by Gasteiger charge is 2.17. The zero-order valence-corrected chi connectivity index (χ0v) is 6.40. The molecule has 1 aliphatic rings. The Balaban J connectivity index is 2.99. The molecule has 0 radical (unpaired) electrons. The van der Waals surface area contributed by atoms with Gasteiger partial charge in [0.05, 0.1) is 0 Å². The number of allylic oxidation sites excluding steroid dienone is 5. The van der Waals surface area contributed by atoms with Crippen LogP contribution in [0.5, 0.6) is 0 Å². The summed E-state index contributed by atoms with van der Waals surface area (Å²) < 4.78 is 25.5. The van der Waals surface area contributed by atoms with Gasteiger partial charge in [0.2, 0.25) is 0 Å². The molecule has 0 aromatic carbocycles. The highest BCUT2D eigenvalue weighted by Crippen LogP contribution is 2.30. The van der Waals surface area contributed by atoms with Crippen LogP contribution in [-0.2, 0) is 0 Å². The first-order chi connectivity index (χ1) is 5.15. The summed E-state index contributed by atoms with van der Waals surface area (Å²) in [6, 6.07) is 0. The van der Waals surface area contributed by atoms with Crippen LogP contribution in [0.2, 0.25) is 0 Å². The molecule has 0 spiro atoms. The van der Waals surface area contributed by atoms with Crippen molar-refractivity contribution in [2.75, 3.05) is 0 Å². The first kappa shape index (κ1) is 8.18. The van der Waals surface area contributed by atoms with Gasteiger partial charge in [-0.1, -0.05) is 25.7 Å². The fourth-order valence-electron chi connectivity index (χ4n) is 1.13. The summed E-state index contributed by atoms with van der Waals surface area (Å²) in [5, 5.41) is 0. The van der Waals surface area contributed by atoms with Crippen molar-refractivity contribution in [3.63, 3.8) is 0 Å². The maximum absolute atomic E-state index is 12.8. The molecule has 0 aromatic rings. The maximum atomic E-state index is 12.8. The van der Waals surface area contributed by atoms with Crippen LogP contribution in [-0.4, -0.2) is 0 Å². The van der Waals surface area contributed by atoms with Gasteiger partial charge in [-0.25, -0.2) is 8.78 Å². The molecule has 0 bridgehead atoms. The third-order valence-electron chi connectivity index (χ3n) is 1.68. The van der Waals surface area contributed by atoms with E-state index in [1.807, 2.05) is 6.92 Å². The Morgan fingerprint density at radius 2 is 2.27 bits per heavy atom. The third-order valence-corrected chi connectivity index (χ3v) is 1.68. The molecule has 11 heavy (non-hydrogen) atoms. The van der Waals surface area contributed by atoms with Gasteiger partial charge in [-0.05, 0) is 5.92 Å². The van der Waals surface area contributed by atoms with E-state index in [0.29, 0.717) is 0 Å². The first-order valence-corrected chi connectivity index (χ1v) is 3.54. The van der Waals surface area contributed by atoms with Crippen molar-refractivity contribution in [3.05, 3.63) is 36.0 Å². The molecule has 0 fully saturated rings. The predicted octanol–water partition coefficient (Wildman–Crippen LogP) is 3.29. The van der Waals surface area contributed by atoms with Crippen molar-refractivity contribution in [2.45, 2.75) is 13.3 Å². The molecule has 0 heterocycles. The van der Waals surface area contributed by atoms with E-state index in [2.05, 4.69) is 6.58 Å². The van der Waals surface area contributed by atoms with Gasteiger partial charge in [0.1, 0.15) is 5.83 Å². The molecule has 60 valence electrons. The molecular weight excluding hydrogens is 146 g/mol. The molecule has 0 amide bonds. The highest BCUT2D eigenvalue weighted by molar-refractivity contribution is 5.39. The summed E-state index contributed by atoms with van der Waals surface area (Å²) in [6.45, 7) is 5.24. The fourth-order valence-corrected chi connectivity index (χ4v) is 1.13. The second kappa shape index (κ2) is 2.99. The van der Waals surface area contributed by atoms with E-state index in [1.165, 1.54) is 6.08 Å². The minimum atomic E-state index is -0.752. The van der Waals surface area contributed by atoms with E-state index in [0.717, 1.165) is 0 Å². The number of rotatable bonds is 1. The quantitative estimate of drug-likeness (QED) is 0.546. The topological polar surface area (TPSA) is 0 Å². The average Bonchev–Trinajstić information content (AvgIpc) is 1.96. The average molecular weight is 156 g/mol. The molecule has 1 rings (SSSR count). The standard InChI is InChI=1S/C9H10F2/c1-3-7-4-6(2)5-8(10)9(7)11/h3-4,6H,1,5H2,2H3. The number of hydrogen-bond donors (Lipinski definition) is 0. The van der Waals surface area contributed by atoms with Crippen LogP contribution >= 0.6 is 0 Å². The lowest BCUT2D eigenvalue weighted by Gasteiger charge is -2.13. The zero-order valence-electron chi connectivity index (χ0n) is 6.40. The SMILES string of the molecule is C=CC1=CC(C)CC(F)=C1F. The van der Waals surface area contributed by atoms with E-state index in [9.17, 15) is 8.78 Å². The summed E-state index contributed by atoms with van der Waals surface area (Å²) in [6.07, 6.45) is 3.19. The van der Waals surface area contributed by atoms with E-state index < -0.39 is 11.7 Å². The van der Waals surface area contributed by atoms with Crippen molar-refractivity contribution >= 4 is 0 Å². The van der Waals surface area contributed by atoms with E-state index in [4.69, 9.17) is 0 Å². The summed E-state index contributed by atoms with van der Waals surface area (Å²) >= 11 is 0. The molecule has 0 aliphatic heterocycles. The normalized spacial score (nSPS) is 25.0. The largest absolute Gasteiger partial charge is 0.209 e. The Kier molecular flexibility index (Phi) is 2.22. The molecule has 0 nitrogen and oxygen atoms in total. The molecule has 1 aliphatic carbocycles. The van der Waals surface area contributed by atoms with Crippen molar-refractivity contribution < 1.29 is 8.78 Å². The first-order valence-electron chi connectivity index (χ1n) is 3.54. The van der Waals surface area contributed by atoms with Gasteiger partial charge >= 0.3 is 0 Å². The minimum absolute atomic E-state index is 0.0718. The molecule has 0 N–H and O–H groups in total. The van der Waals surface area contributed by atoms with Crippen LogP contribution in [0.1, 0.15) is 13.3 Å². The predicted molar refractivity (Wildman–Crippen MR) is 41.3 cm³/mol. The van der Waals surface area contributed by atoms with Crippen LogP contribution in [0.4, 0.5) is 8.78 Å². The van der Waals surface area contributed by atoms with Crippen molar-refractivity contribution in [3.8, 4) is 0 Å². The van der Waals surface area contributed by atoms with Crippen LogP contribution in [0.3, 0.4) is 0 Å². The van der Waals surface area contributed by atoms with E-state index in [1.54, 1.807) is 6.08 Å². The Labute approximate surface area is 64.9 Å². The van der Waals surface area contributed by atoms with E-state index >= 15 is 0 Å². The van der Waals surface area contributed by atoms with Gasteiger partial charge in [0.25, 0.3) is 0 Å². The Morgan fingerprint density at radius 3 is 2.82 bits per heavy atom. The van der Waals surface area contributed by atoms with Gasteiger partial charge in [-0.15, -0.1) is 0 Å². The molecular formula is C9H10F2. The highest BCUT2D eigenvalue weighted by atomic mass is 19.2. The van der Waals surface area contributed by atoms with Crippen molar-refractivity contribution in [1.82, 2.24) is 0 Å². The van der Waals surface area contributed by atoms with Gasteiger partial charge in [0, 0.05) is 12.0 Å². The van der Waals surface area contributed by atoms with Gasteiger partial charge < -0.3 is 0 Å². The van der Waals surface area contributed by atoms with Crippen LogP contribution in [0.15, 0.2) is 36.0 Å². The smallest absolute Gasteiger partial charge is 0.161 e. The van der Waals surface area contributed by atoms with Gasteiger partial charge in [-0.3, -0.25) is 0 Å². The molecule has 2 heteroatoms. The van der Waals surface area contributed by atoms with Gasteiger partial charge in [0.15, 0.2) is 5.83 Å². The van der Waals surface area contributed by atoms with Crippen molar-refractivity contribution in [1.29, 1.82) is 0 Å². The third kappa shape index (κ3) is 1.56. The van der Waals surface area contributed by atoms with Crippen LogP contribution in [0, 0.1) is 5.92 Å². The second-order valence-electron chi connectivity index (χ2n) is 2.73. The number of halogens is 2. The molecule has 0 saturated carbocycles. The maximum Gasteiger partial charge on any atom is 0.161 e. The van der Waals surface area contributed by atoms with Gasteiger partial charge in [-0.2, -0.15) is 0 Å². The molecule has 0 aromatic heterocycles. The number of hydrogen-bond acceptors (Lipinski definition) is 0. The lowest BCUT2D eigenvalue weighted by molar-refractivity contribution is 0.475.